The van der Waals surface area contributed by atoms with E-state index >= 15 is 0 Å². The minimum atomic E-state index is -0.875. The van der Waals surface area contributed by atoms with E-state index in [0.717, 1.165) is 11.1 Å². The number of carboxylic acid groups (broad SMARTS) is 2. The van der Waals surface area contributed by atoms with Gasteiger partial charge in [-0.1, -0.05) is 65.8 Å². The molecule has 151 valence electrons. The molecule has 0 aromatic heterocycles. The van der Waals surface area contributed by atoms with Crippen molar-refractivity contribution in [2.45, 2.75) is 52.4 Å². The summed E-state index contributed by atoms with van der Waals surface area (Å²) in [4.78, 5) is 21.1. The van der Waals surface area contributed by atoms with Gasteiger partial charge in [0.05, 0.1) is 11.1 Å². The zero-order chi connectivity index (χ0) is 20.1. The van der Waals surface area contributed by atoms with Crippen molar-refractivity contribution in [3.8, 4) is 0 Å². The van der Waals surface area contributed by atoms with Crippen LogP contribution in [0.3, 0.4) is 0 Å². The maximum Gasteiger partial charge on any atom is 0.335 e. The second-order valence-corrected chi connectivity index (χ2v) is 8.27. The topological polar surface area (TPSA) is 106 Å². The molecule has 28 heavy (non-hydrogen) atoms. The number of aromatic carboxylic acids is 2. The van der Waals surface area contributed by atoms with Gasteiger partial charge in [0.15, 0.2) is 0 Å². The van der Waals surface area contributed by atoms with Gasteiger partial charge in [-0.15, -0.1) is 0 Å². The molecular formula is C22H30AlO5. The number of carbonyl (C=O) groups is 2. The van der Waals surface area contributed by atoms with E-state index in [1.165, 1.54) is 0 Å². The molecule has 0 fully saturated rings. The molecule has 3 radical (unpaired) electrons. The zero-order valence-corrected chi connectivity index (χ0v) is 18.6. The van der Waals surface area contributed by atoms with Gasteiger partial charge in [0.1, 0.15) is 0 Å². The molecule has 5 nitrogen and oxygen atoms in total. The predicted molar refractivity (Wildman–Crippen MR) is 114 cm³/mol. The summed E-state index contributed by atoms with van der Waals surface area (Å²) in [5, 5.41) is 17.4. The molecule has 0 aliphatic heterocycles. The first-order valence-corrected chi connectivity index (χ1v) is 8.50. The first-order valence-electron chi connectivity index (χ1n) is 8.50. The average Bonchev–Trinajstić information content (AvgIpc) is 2.54. The van der Waals surface area contributed by atoms with Crippen molar-refractivity contribution >= 4 is 29.3 Å². The Bertz CT molecular complexity index is 684. The average molecular weight is 401 g/mol. The van der Waals surface area contributed by atoms with Gasteiger partial charge in [-0.2, -0.15) is 0 Å². The third-order valence-corrected chi connectivity index (χ3v) is 4.00. The smallest absolute Gasteiger partial charge is 0.335 e. The summed E-state index contributed by atoms with van der Waals surface area (Å²) in [6, 6.07) is 14.0. The molecule has 4 N–H and O–H groups in total. The molecule has 0 aliphatic carbocycles. The highest BCUT2D eigenvalue weighted by Gasteiger charge is 2.14. The van der Waals surface area contributed by atoms with E-state index < -0.39 is 11.9 Å². The molecule has 6 heteroatoms. The van der Waals surface area contributed by atoms with Gasteiger partial charge in [-0.25, -0.2) is 9.59 Å². The number of benzene rings is 2. The van der Waals surface area contributed by atoms with E-state index in [2.05, 4.69) is 41.5 Å². The Hall–Kier alpha value is -2.13. The van der Waals surface area contributed by atoms with E-state index in [0.29, 0.717) is 11.1 Å². The minimum absolute atomic E-state index is 0. The SMILES string of the molecule is CC(C)(C)c1ccc(C(=O)O)cc1.CC(C)(C)c1ccc(C(=O)O)cc1.O.[Al]. The summed E-state index contributed by atoms with van der Waals surface area (Å²) in [6.45, 7) is 12.6. The van der Waals surface area contributed by atoms with Gasteiger partial charge >= 0.3 is 11.9 Å². The van der Waals surface area contributed by atoms with Crippen LogP contribution in [0.1, 0.15) is 73.4 Å². The lowest BCUT2D eigenvalue weighted by Gasteiger charge is -2.18. The normalized spacial score (nSPS) is 10.5. The molecule has 2 aromatic rings. The van der Waals surface area contributed by atoms with E-state index in [1.807, 2.05) is 24.3 Å². The Balaban J connectivity index is 0. The summed E-state index contributed by atoms with van der Waals surface area (Å²) in [7, 11) is 0. The van der Waals surface area contributed by atoms with E-state index in [9.17, 15) is 9.59 Å². The van der Waals surface area contributed by atoms with E-state index in [4.69, 9.17) is 10.2 Å². The van der Waals surface area contributed by atoms with Crippen LogP contribution in [0.25, 0.3) is 0 Å². The fourth-order valence-electron chi connectivity index (χ4n) is 2.23. The van der Waals surface area contributed by atoms with Gasteiger partial charge < -0.3 is 15.7 Å². The van der Waals surface area contributed by atoms with Crippen molar-refractivity contribution in [3.63, 3.8) is 0 Å². The second kappa shape index (κ2) is 11.0. The third-order valence-electron chi connectivity index (χ3n) is 4.00. The Kier molecular flexibility index (Phi) is 11.0. The summed E-state index contributed by atoms with van der Waals surface area (Å²) >= 11 is 0. The number of hydrogen-bond donors (Lipinski definition) is 2. The maximum absolute atomic E-state index is 10.6. The lowest BCUT2D eigenvalue weighted by atomic mass is 9.87. The summed E-state index contributed by atoms with van der Waals surface area (Å²) in [5.74, 6) is -1.75. The Morgan fingerprint density at radius 1 is 0.607 bits per heavy atom. The van der Waals surface area contributed by atoms with Crippen LogP contribution in [-0.4, -0.2) is 45.0 Å². The fourth-order valence-corrected chi connectivity index (χ4v) is 2.23. The van der Waals surface area contributed by atoms with Gasteiger partial charge in [0.2, 0.25) is 0 Å². The number of carboxylic acids is 2. The monoisotopic (exact) mass is 401 g/mol. The van der Waals surface area contributed by atoms with Crippen molar-refractivity contribution in [2.24, 2.45) is 0 Å². The molecule has 0 atom stereocenters. The Morgan fingerprint density at radius 3 is 0.964 bits per heavy atom. The third kappa shape index (κ3) is 8.71. The highest BCUT2D eigenvalue weighted by Crippen LogP contribution is 2.22. The van der Waals surface area contributed by atoms with E-state index in [-0.39, 0.29) is 33.7 Å². The lowest BCUT2D eigenvalue weighted by Crippen LogP contribution is -2.11. The zero-order valence-electron chi connectivity index (χ0n) is 17.4. The molecule has 0 unspecified atom stereocenters. The molecule has 0 saturated heterocycles. The predicted octanol–water partition coefficient (Wildman–Crippen LogP) is 4.16. The molecule has 0 bridgehead atoms. The molecular weight excluding hydrogens is 371 g/mol. The molecule has 0 aliphatic rings. The summed E-state index contributed by atoms with van der Waals surface area (Å²) < 4.78 is 0. The highest BCUT2D eigenvalue weighted by molar-refractivity contribution is 5.88. The Labute approximate surface area is 177 Å². The fraction of sp³-hybridized carbons (Fsp3) is 0.364. The van der Waals surface area contributed by atoms with Crippen molar-refractivity contribution in [2.75, 3.05) is 0 Å². The summed E-state index contributed by atoms with van der Waals surface area (Å²) in [5.41, 5.74) is 3.14. The van der Waals surface area contributed by atoms with Crippen molar-refractivity contribution in [1.29, 1.82) is 0 Å². The van der Waals surface area contributed by atoms with Crippen LogP contribution < -0.4 is 0 Å². The molecule has 2 rings (SSSR count). The van der Waals surface area contributed by atoms with Crippen LogP contribution in [-0.2, 0) is 10.8 Å². The van der Waals surface area contributed by atoms with Gasteiger partial charge in [0, 0.05) is 17.4 Å². The van der Waals surface area contributed by atoms with Crippen LogP contribution in [0.15, 0.2) is 48.5 Å². The van der Waals surface area contributed by atoms with Crippen LogP contribution in [0.4, 0.5) is 0 Å². The quantitative estimate of drug-likeness (QED) is 0.737. The molecule has 0 spiro atoms. The first kappa shape index (κ1) is 28.1. The molecule has 0 saturated carbocycles. The van der Waals surface area contributed by atoms with Crippen LogP contribution >= 0.6 is 0 Å². The van der Waals surface area contributed by atoms with Crippen molar-refractivity contribution in [3.05, 3.63) is 70.8 Å². The summed E-state index contributed by atoms with van der Waals surface area (Å²) in [6.07, 6.45) is 0. The van der Waals surface area contributed by atoms with Crippen LogP contribution in [0.2, 0.25) is 0 Å². The molecule has 2 aromatic carbocycles. The van der Waals surface area contributed by atoms with Crippen molar-refractivity contribution in [1.82, 2.24) is 0 Å². The standard InChI is InChI=1S/2C11H14O2.Al.H2O/c2*1-11(2,3)9-6-4-8(5-7-9)10(12)13;;/h2*4-7H,1-3H3,(H,12,13);;1H2. The Morgan fingerprint density at radius 2 is 0.821 bits per heavy atom. The molecule has 0 amide bonds. The number of hydrogen-bond acceptors (Lipinski definition) is 2. The lowest BCUT2D eigenvalue weighted by molar-refractivity contribution is 0.0686. The second-order valence-electron chi connectivity index (χ2n) is 8.27. The largest absolute Gasteiger partial charge is 0.478 e. The minimum Gasteiger partial charge on any atom is -0.478 e. The van der Waals surface area contributed by atoms with Gasteiger partial charge in [-0.05, 0) is 46.2 Å². The highest BCUT2D eigenvalue weighted by atomic mass is 27.0. The maximum atomic E-state index is 10.6. The van der Waals surface area contributed by atoms with Crippen LogP contribution in [0.5, 0.6) is 0 Å². The first-order chi connectivity index (χ1) is 11.8. The van der Waals surface area contributed by atoms with Crippen molar-refractivity contribution < 1.29 is 25.3 Å². The van der Waals surface area contributed by atoms with Crippen LogP contribution in [0, 0.1) is 0 Å². The number of rotatable bonds is 2. The molecule has 0 heterocycles. The van der Waals surface area contributed by atoms with Gasteiger partial charge in [-0.3, -0.25) is 0 Å². The van der Waals surface area contributed by atoms with E-state index in [1.54, 1.807) is 24.3 Å². The van der Waals surface area contributed by atoms with Gasteiger partial charge in [0.25, 0.3) is 0 Å².